The molecule has 0 atom stereocenters. The van der Waals surface area contributed by atoms with Gasteiger partial charge in [0, 0.05) is 18.9 Å². The molecule has 0 saturated heterocycles. The van der Waals surface area contributed by atoms with E-state index < -0.39 is 0 Å². The molecule has 1 aromatic carbocycles. The molecule has 0 amide bonds. The number of aromatic nitrogens is 2. The Balaban J connectivity index is 2.09. The Morgan fingerprint density at radius 2 is 2.12 bits per heavy atom. The van der Waals surface area contributed by atoms with Crippen molar-refractivity contribution in [1.29, 1.82) is 5.41 Å². The van der Waals surface area contributed by atoms with Crippen LogP contribution in [0.15, 0.2) is 35.8 Å². The molecular formula is C18H26N5OS+. The second-order valence-corrected chi connectivity index (χ2v) is 6.43. The van der Waals surface area contributed by atoms with E-state index in [1.165, 1.54) is 22.0 Å². The van der Waals surface area contributed by atoms with Crippen LogP contribution in [0.25, 0.3) is 0 Å². The molecule has 6 nitrogen and oxygen atoms in total. The SMILES string of the molecule is CCN(C)CCc1cc(C)c(O/C([SH2+])=N/C(=N)n2ccnc2)cc1C. The highest BCUT2D eigenvalue weighted by molar-refractivity contribution is 7.77. The van der Waals surface area contributed by atoms with E-state index in [1.807, 2.05) is 13.0 Å². The van der Waals surface area contributed by atoms with Crippen molar-refractivity contribution >= 4 is 23.8 Å². The van der Waals surface area contributed by atoms with Crippen molar-refractivity contribution in [1.82, 2.24) is 14.5 Å². The van der Waals surface area contributed by atoms with Gasteiger partial charge in [0.25, 0.3) is 0 Å². The monoisotopic (exact) mass is 360 g/mol. The third-order valence-electron chi connectivity index (χ3n) is 4.10. The molecule has 1 N–H and O–H groups in total. The largest absolute Gasteiger partial charge is 0.416 e. The molecule has 7 heteroatoms. The lowest BCUT2D eigenvalue weighted by Crippen LogP contribution is -2.20. The average molecular weight is 361 g/mol. The van der Waals surface area contributed by atoms with Gasteiger partial charge in [0.2, 0.25) is 5.96 Å². The van der Waals surface area contributed by atoms with Gasteiger partial charge in [0.1, 0.15) is 12.1 Å². The normalized spacial score (nSPS) is 11.8. The number of nitrogens with zero attached hydrogens (tertiary/aromatic N) is 4. The van der Waals surface area contributed by atoms with Gasteiger partial charge in [-0.05, 0) is 56.6 Å². The lowest BCUT2D eigenvalue weighted by Gasteiger charge is -2.16. The maximum atomic E-state index is 7.91. The number of hydrogen-bond acceptors (Lipinski definition) is 4. The summed E-state index contributed by atoms with van der Waals surface area (Å²) in [7, 11) is 2.13. The molecule has 0 spiro atoms. The molecule has 0 aliphatic carbocycles. The minimum atomic E-state index is 0.0242. The van der Waals surface area contributed by atoms with E-state index in [2.05, 4.69) is 54.5 Å². The number of rotatable bonds is 5. The summed E-state index contributed by atoms with van der Waals surface area (Å²) >= 11 is 3.34. The van der Waals surface area contributed by atoms with Crippen LogP contribution >= 0.6 is 0 Å². The minimum Gasteiger partial charge on any atom is -0.402 e. The van der Waals surface area contributed by atoms with Gasteiger partial charge in [-0.3, -0.25) is 9.98 Å². The molecule has 1 heterocycles. The molecule has 0 aliphatic heterocycles. The van der Waals surface area contributed by atoms with Gasteiger partial charge >= 0.3 is 5.23 Å². The standard InChI is InChI=1S/C18H25N5OS/c1-5-22(4)8-6-15-10-14(3)16(11-13(15)2)24-18(25)21-17(19)23-9-7-20-12-23/h7,9-12H,5-6,8H2,1-4H3,(H2,19,21,25)/p+1. The molecule has 2 aromatic rings. The summed E-state index contributed by atoms with van der Waals surface area (Å²) in [5.74, 6) is 0.758. The summed E-state index contributed by atoms with van der Waals surface area (Å²) in [6.07, 6.45) is 5.78. The lowest BCUT2D eigenvalue weighted by molar-refractivity contribution is 0.357. The predicted octanol–water partition coefficient (Wildman–Crippen LogP) is 2.22. The van der Waals surface area contributed by atoms with E-state index in [9.17, 15) is 0 Å². The Morgan fingerprint density at radius 3 is 2.76 bits per heavy atom. The molecule has 0 unspecified atom stereocenters. The molecule has 0 radical (unpaired) electrons. The van der Waals surface area contributed by atoms with Crippen molar-refractivity contribution in [3.8, 4) is 5.75 Å². The quantitative estimate of drug-likeness (QED) is 0.505. The molecule has 1 aromatic heterocycles. The van der Waals surface area contributed by atoms with Crippen molar-refractivity contribution in [3.05, 3.63) is 47.5 Å². The van der Waals surface area contributed by atoms with Crippen LogP contribution in [-0.4, -0.2) is 45.8 Å². The highest BCUT2D eigenvalue weighted by Crippen LogP contribution is 2.23. The molecule has 25 heavy (non-hydrogen) atoms. The maximum Gasteiger partial charge on any atom is 0.416 e. The van der Waals surface area contributed by atoms with Crippen LogP contribution < -0.4 is 4.74 Å². The summed E-state index contributed by atoms with van der Waals surface area (Å²) in [6, 6.07) is 4.18. The number of hydrogen-bond donors (Lipinski definition) is 1. The average Bonchev–Trinajstić information content (AvgIpc) is 3.10. The zero-order valence-corrected chi connectivity index (χ0v) is 16.2. The van der Waals surface area contributed by atoms with Crippen molar-refractivity contribution in [2.24, 2.45) is 4.99 Å². The van der Waals surface area contributed by atoms with E-state index in [0.717, 1.165) is 30.8 Å². The van der Waals surface area contributed by atoms with Crippen molar-refractivity contribution in [2.75, 3.05) is 20.1 Å². The first-order valence-corrected chi connectivity index (χ1v) is 8.74. The number of nitrogens with one attached hydrogen (secondary N) is 1. The first-order valence-electron chi connectivity index (χ1n) is 8.24. The van der Waals surface area contributed by atoms with E-state index in [4.69, 9.17) is 10.1 Å². The second-order valence-electron chi connectivity index (χ2n) is 6.00. The van der Waals surface area contributed by atoms with Crippen LogP contribution in [0.1, 0.15) is 23.6 Å². The zero-order valence-electron chi connectivity index (χ0n) is 15.2. The second kappa shape index (κ2) is 8.82. The molecule has 134 valence electrons. The van der Waals surface area contributed by atoms with Gasteiger partial charge in [0.05, 0.1) is 12.6 Å². The fraction of sp³-hybridized carbons (Fsp3) is 0.389. The van der Waals surface area contributed by atoms with Crippen LogP contribution in [0.2, 0.25) is 0 Å². The Labute approximate surface area is 154 Å². The van der Waals surface area contributed by atoms with Gasteiger partial charge in [-0.1, -0.05) is 13.0 Å². The summed E-state index contributed by atoms with van der Waals surface area (Å²) in [5.41, 5.74) is 3.55. The van der Waals surface area contributed by atoms with Crippen LogP contribution in [0, 0.1) is 19.3 Å². The summed E-state index contributed by atoms with van der Waals surface area (Å²) in [4.78, 5) is 10.3. The third-order valence-corrected chi connectivity index (χ3v) is 4.31. The molecule has 0 saturated carbocycles. The first kappa shape index (κ1) is 19.2. The predicted molar refractivity (Wildman–Crippen MR) is 106 cm³/mol. The van der Waals surface area contributed by atoms with Crippen molar-refractivity contribution < 1.29 is 4.74 Å². The number of aryl methyl sites for hydroxylation is 2. The summed E-state index contributed by atoms with van der Waals surface area (Å²) in [6.45, 7) is 8.34. The van der Waals surface area contributed by atoms with Gasteiger partial charge in [0.15, 0.2) is 0 Å². The molecule has 0 bridgehead atoms. The van der Waals surface area contributed by atoms with Gasteiger partial charge < -0.3 is 9.64 Å². The molecule has 0 fully saturated rings. The van der Waals surface area contributed by atoms with Gasteiger partial charge in [-0.2, -0.15) is 0 Å². The third kappa shape index (κ3) is 5.44. The highest BCUT2D eigenvalue weighted by atomic mass is 32.1. The Morgan fingerprint density at radius 1 is 1.36 bits per heavy atom. The van der Waals surface area contributed by atoms with Crippen molar-refractivity contribution in [3.63, 3.8) is 0 Å². The zero-order chi connectivity index (χ0) is 18.4. The van der Waals surface area contributed by atoms with Crippen LogP contribution in [0.4, 0.5) is 0 Å². The number of likely N-dealkylation sites (N-methyl/N-ethyl adjacent to an activating group) is 1. The van der Waals surface area contributed by atoms with Gasteiger partial charge in [-0.15, -0.1) is 4.99 Å². The number of ether oxygens (including phenoxy) is 1. The smallest absolute Gasteiger partial charge is 0.402 e. The lowest BCUT2D eigenvalue weighted by atomic mass is 10.0. The number of benzene rings is 1. The molecule has 0 aliphatic rings. The fourth-order valence-electron chi connectivity index (χ4n) is 2.36. The maximum absolute atomic E-state index is 7.91. The topological polar surface area (TPSA) is 66.5 Å². The minimum absolute atomic E-state index is 0.0242. The fourth-order valence-corrected chi connectivity index (χ4v) is 2.58. The Kier molecular flexibility index (Phi) is 6.78. The van der Waals surface area contributed by atoms with E-state index in [0.29, 0.717) is 0 Å². The number of aliphatic imine (C=N–C) groups is 1. The Bertz CT molecular complexity index is 755. The first-order chi connectivity index (χ1) is 11.9. The van der Waals surface area contributed by atoms with E-state index in [1.54, 1.807) is 12.4 Å². The highest BCUT2D eigenvalue weighted by Gasteiger charge is 2.12. The molecule has 2 rings (SSSR count). The Hall–Kier alpha value is -2.12. The van der Waals surface area contributed by atoms with Gasteiger partial charge in [-0.25, -0.2) is 4.98 Å². The van der Waals surface area contributed by atoms with E-state index >= 15 is 0 Å². The summed E-state index contributed by atoms with van der Waals surface area (Å²) < 4.78 is 7.27. The number of imidazole rings is 1. The van der Waals surface area contributed by atoms with E-state index in [-0.39, 0.29) is 11.2 Å². The van der Waals surface area contributed by atoms with Crippen LogP contribution in [-0.2, 0) is 19.0 Å². The van der Waals surface area contributed by atoms with Crippen LogP contribution in [0.5, 0.6) is 5.75 Å². The van der Waals surface area contributed by atoms with Crippen LogP contribution in [0.3, 0.4) is 0 Å². The van der Waals surface area contributed by atoms with Crippen molar-refractivity contribution in [2.45, 2.75) is 27.2 Å². The molecular weight excluding hydrogens is 334 g/mol. The summed E-state index contributed by atoms with van der Waals surface area (Å²) in [5, 5.41) is 8.14.